The van der Waals surface area contributed by atoms with Gasteiger partial charge in [0.2, 0.25) is 0 Å². The molecule has 0 spiro atoms. The molecule has 0 atom stereocenters. The number of nitrogens with one attached hydrogen (secondary N) is 2. The summed E-state index contributed by atoms with van der Waals surface area (Å²) >= 11 is 0. The zero-order valence-corrected chi connectivity index (χ0v) is 18.7. The van der Waals surface area contributed by atoms with Crippen LogP contribution in [0.5, 0.6) is 5.75 Å². The van der Waals surface area contributed by atoms with Crippen molar-refractivity contribution in [3.63, 3.8) is 0 Å². The number of halogens is 1. The summed E-state index contributed by atoms with van der Waals surface area (Å²) in [4.78, 5) is 4.28. The fraction of sp³-hybridized carbons (Fsp3) is 0.182. The Labute approximate surface area is 188 Å². The molecule has 2 N–H and O–H groups in total. The van der Waals surface area contributed by atoms with E-state index in [1.165, 1.54) is 0 Å². The first kappa shape index (κ1) is 22.5. The highest BCUT2D eigenvalue weighted by molar-refractivity contribution is 14.0. The van der Waals surface area contributed by atoms with Crippen LogP contribution in [0.25, 0.3) is 5.69 Å². The Bertz CT molecular complexity index is 924. The topological polar surface area (TPSA) is 63.5 Å². The number of aromatic nitrogens is 2. The maximum absolute atomic E-state index is 5.70. The number of rotatable bonds is 8. The van der Waals surface area contributed by atoms with E-state index in [0.717, 1.165) is 22.7 Å². The van der Waals surface area contributed by atoms with E-state index in [1.807, 2.05) is 71.5 Å². The molecule has 0 radical (unpaired) electrons. The zero-order chi connectivity index (χ0) is 19.6. The maximum atomic E-state index is 5.70. The average Bonchev–Trinajstić information content (AvgIpc) is 3.23. The first-order chi connectivity index (χ1) is 13.8. The van der Waals surface area contributed by atoms with Crippen LogP contribution >= 0.6 is 24.0 Å². The molecule has 0 saturated carbocycles. The van der Waals surface area contributed by atoms with Gasteiger partial charge in [0.15, 0.2) is 5.96 Å². The van der Waals surface area contributed by atoms with E-state index >= 15 is 0 Å². The number of benzene rings is 2. The van der Waals surface area contributed by atoms with Crippen LogP contribution in [0.1, 0.15) is 11.3 Å². The van der Waals surface area contributed by atoms with Crippen LogP contribution in [0.2, 0.25) is 0 Å². The van der Waals surface area contributed by atoms with Crippen molar-refractivity contribution in [3.05, 3.63) is 90.8 Å². The van der Waals surface area contributed by atoms with Crippen LogP contribution in [0.4, 0.5) is 0 Å². The summed E-state index contributed by atoms with van der Waals surface area (Å²) in [6, 6.07) is 20.0. The van der Waals surface area contributed by atoms with Gasteiger partial charge in [-0.3, -0.25) is 4.99 Å². The van der Waals surface area contributed by atoms with Crippen LogP contribution in [-0.4, -0.2) is 29.4 Å². The molecule has 2 aromatic carbocycles. The smallest absolute Gasteiger partial charge is 0.191 e. The van der Waals surface area contributed by atoms with E-state index in [-0.39, 0.29) is 24.0 Å². The number of hydrogen-bond acceptors (Lipinski definition) is 3. The van der Waals surface area contributed by atoms with Crippen molar-refractivity contribution in [2.45, 2.75) is 13.1 Å². The van der Waals surface area contributed by atoms with E-state index in [0.29, 0.717) is 25.7 Å². The summed E-state index contributed by atoms with van der Waals surface area (Å²) in [7, 11) is 1.75. The molecule has 0 bridgehead atoms. The molecule has 0 unspecified atom stereocenters. The Morgan fingerprint density at radius 3 is 2.55 bits per heavy atom. The van der Waals surface area contributed by atoms with Crippen molar-refractivity contribution in [1.29, 1.82) is 0 Å². The van der Waals surface area contributed by atoms with Gasteiger partial charge in [0.25, 0.3) is 0 Å². The highest BCUT2D eigenvalue weighted by Crippen LogP contribution is 2.17. The van der Waals surface area contributed by atoms with Gasteiger partial charge in [-0.25, -0.2) is 4.68 Å². The van der Waals surface area contributed by atoms with Crippen molar-refractivity contribution < 1.29 is 4.74 Å². The first-order valence-corrected chi connectivity index (χ1v) is 9.16. The fourth-order valence-electron chi connectivity index (χ4n) is 2.69. The van der Waals surface area contributed by atoms with Gasteiger partial charge < -0.3 is 15.4 Å². The molecule has 0 fully saturated rings. The third-order valence-corrected chi connectivity index (χ3v) is 4.10. The van der Waals surface area contributed by atoms with Crippen molar-refractivity contribution in [2.75, 3.05) is 13.7 Å². The normalized spacial score (nSPS) is 10.7. The molecule has 3 rings (SSSR count). The molecule has 0 amide bonds. The summed E-state index contributed by atoms with van der Waals surface area (Å²) in [5.41, 5.74) is 3.02. The van der Waals surface area contributed by atoms with E-state index in [4.69, 9.17) is 4.74 Å². The summed E-state index contributed by atoms with van der Waals surface area (Å²) in [6.45, 7) is 5.35. The Morgan fingerprint density at radius 2 is 1.79 bits per heavy atom. The molecular weight excluding hydrogens is 477 g/mol. The average molecular weight is 503 g/mol. The highest BCUT2D eigenvalue weighted by atomic mass is 127. The maximum Gasteiger partial charge on any atom is 0.191 e. The first-order valence-electron chi connectivity index (χ1n) is 9.16. The lowest BCUT2D eigenvalue weighted by Gasteiger charge is -2.14. The molecule has 0 aliphatic carbocycles. The molecule has 1 heterocycles. The molecule has 3 aromatic rings. The van der Waals surface area contributed by atoms with Crippen molar-refractivity contribution >= 4 is 29.9 Å². The summed E-state index contributed by atoms with van der Waals surface area (Å²) in [5, 5.41) is 11.2. The minimum absolute atomic E-state index is 0. The summed E-state index contributed by atoms with van der Waals surface area (Å²) in [6.07, 6.45) is 3.69. The van der Waals surface area contributed by atoms with Crippen LogP contribution < -0.4 is 15.4 Å². The van der Waals surface area contributed by atoms with Crippen molar-refractivity contribution in [3.8, 4) is 11.4 Å². The monoisotopic (exact) mass is 503 g/mol. The fourth-order valence-corrected chi connectivity index (χ4v) is 2.69. The van der Waals surface area contributed by atoms with Crippen molar-refractivity contribution in [1.82, 2.24) is 20.4 Å². The van der Waals surface area contributed by atoms with Crippen LogP contribution in [0.15, 0.2) is 84.5 Å². The molecule has 6 nitrogen and oxygen atoms in total. The predicted octanol–water partition coefficient (Wildman–Crippen LogP) is 3.92. The molecule has 0 aliphatic rings. The van der Waals surface area contributed by atoms with E-state index < -0.39 is 0 Å². The standard InChI is InChI=1S/C22H25N5O.HI/c1-3-15-28-21-12-8-7-9-18(21)16-24-22(23-2)25-17-19-13-14-27(26-19)20-10-5-4-6-11-20;/h3-14H,1,15-17H2,2H3,(H2,23,24,25);1H. The number of para-hydroxylation sites is 2. The summed E-state index contributed by atoms with van der Waals surface area (Å²) in [5.74, 6) is 1.54. The van der Waals surface area contributed by atoms with Gasteiger partial charge in [0.05, 0.1) is 17.9 Å². The summed E-state index contributed by atoms with van der Waals surface area (Å²) < 4.78 is 7.56. The molecule has 29 heavy (non-hydrogen) atoms. The van der Waals surface area contributed by atoms with Crippen molar-refractivity contribution in [2.24, 2.45) is 4.99 Å². The van der Waals surface area contributed by atoms with Gasteiger partial charge in [0.1, 0.15) is 12.4 Å². The molecular formula is C22H26IN5O. The Balaban J connectivity index is 0.00000300. The number of guanidine groups is 1. The third-order valence-electron chi connectivity index (χ3n) is 4.10. The SMILES string of the molecule is C=CCOc1ccccc1CNC(=NC)NCc1ccn(-c2ccccc2)n1.I. The lowest BCUT2D eigenvalue weighted by atomic mass is 10.2. The van der Waals surface area contributed by atoms with Gasteiger partial charge in [-0.2, -0.15) is 5.10 Å². The number of hydrogen-bond donors (Lipinski definition) is 2. The van der Waals surface area contributed by atoms with Gasteiger partial charge in [-0.1, -0.05) is 49.1 Å². The third kappa shape index (κ3) is 6.63. The molecule has 1 aromatic heterocycles. The molecule has 7 heteroatoms. The number of nitrogens with zero attached hydrogens (tertiary/aromatic N) is 3. The Morgan fingerprint density at radius 1 is 1.07 bits per heavy atom. The van der Waals surface area contributed by atoms with Crippen LogP contribution in [0.3, 0.4) is 0 Å². The van der Waals surface area contributed by atoms with Gasteiger partial charge in [0, 0.05) is 25.4 Å². The molecule has 0 saturated heterocycles. The number of ether oxygens (including phenoxy) is 1. The lowest BCUT2D eigenvalue weighted by Crippen LogP contribution is -2.36. The largest absolute Gasteiger partial charge is 0.489 e. The second-order valence-electron chi connectivity index (χ2n) is 6.07. The van der Waals surface area contributed by atoms with Crippen LogP contribution in [-0.2, 0) is 13.1 Å². The molecule has 0 aliphatic heterocycles. The van der Waals surface area contributed by atoms with E-state index in [2.05, 4.69) is 27.3 Å². The van der Waals surface area contributed by atoms with Gasteiger partial charge in [-0.15, -0.1) is 24.0 Å². The second-order valence-corrected chi connectivity index (χ2v) is 6.07. The minimum Gasteiger partial charge on any atom is -0.489 e. The quantitative estimate of drug-likeness (QED) is 0.212. The highest BCUT2D eigenvalue weighted by Gasteiger charge is 2.06. The van der Waals surface area contributed by atoms with E-state index in [1.54, 1.807) is 13.1 Å². The lowest BCUT2D eigenvalue weighted by molar-refractivity contribution is 0.358. The zero-order valence-electron chi connectivity index (χ0n) is 16.4. The number of aliphatic imine (C=N–C) groups is 1. The van der Waals surface area contributed by atoms with Crippen LogP contribution in [0, 0.1) is 0 Å². The van der Waals surface area contributed by atoms with Gasteiger partial charge >= 0.3 is 0 Å². The minimum atomic E-state index is 0. The Hall–Kier alpha value is -2.81. The molecule has 152 valence electrons. The second kappa shape index (κ2) is 11.9. The van der Waals surface area contributed by atoms with E-state index in [9.17, 15) is 0 Å². The predicted molar refractivity (Wildman–Crippen MR) is 128 cm³/mol. The Kier molecular flexibility index (Phi) is 9.23. The van der Waals surface area contributed by atoms with Gasteiger partial charge in [-0.05, 0) is 24.3 Å².